The van der Waals surface area contributed by atoms with E-state index in [-0.39, 0.29) is 10.5 Å². The molecule has 1 N–H and O–H groups in total. The maximum absolute atomic E-state index is 12.7. The van der Waals surface area contributed by atoms with Gasteiger partial charge < -0.3 is 0 Å². The van der Waals surface area contributed by atoms with Crippen molar-refractivity contribution >= 4 is 69.3 Å². The molecule has 4 aromatic rings. The number of benzene rings is 3. The highest BCUT2D eigenvalue weighted by molar-refractivity contribution is 9.10. The smallest absolute Gasteiger partial charge is 0.257 e. The molecule has 9 heteroatoms. The minimum Gasteiger partial charge on any atom is -0.298 e. The Hall–Kier alpha value is -2.33. The second-order valence-corrected chi connectivity index (χ2v) is 10.5. The number of fused-ring (bicyclic) bond motifs is 3. The van der Waals surface area contributed by atoms with Gasteiger partial charge in [0.05, 0.1) is 15.1 Å². The first-order chi connectivity index (χ1) is 13.8. The molecule has 6 nitrogen and oxygen atoms in total. The number of aromatic nitrogens is 1. The fourth-order valence-electron chi connectivity index (χ4n) is 2.92. The van der Waals surface area contributed by atoms with E-state index in [9.17, 15) is 13.2 Å². The van der Waals surface area contributed by atoms with E-state index in [1.807, 2.05) is 36.4 Å². The molecule has 0 atom stereocenters. The number of hydrogen-bond donors (Lipinski definition) is 1. The third-order valence-corrected chi connectivity index (χ3v) is 8.20. The van der Waals surface area contributed by atoms with Crippen LogP contribution in [0.2, 0.25) is 0 Å². The van der Waals surface area contributed by atoms with Crippen molar-refractivity contribution in [1.82, 2.24) is 9.29 Å². The lowest BCUT2D eigenvalue weighted by molar-refractivity contribution is 0.102. The average molecular weight is 490 g/mol. The summed E-state index contributed by atoms with van der Waals surface area (Å²) >= 11 is 4.62. The van der Waals surface area contributed by atoms with Gasteiger partial charge in [-0.15, -0.1) is 0 Å². The number of nitrogens with zero attached hydrogens (tertiary/aromatic N) is 2. The van der Waals surface area contributed by atoms with Gasteiger partial charge in [-0.2, -0.15) is 0 Å². The van der Waals surface area contributed by atoms with E-state index in [0.29, 0.717) is 9.60 Å². The lowest BCUT2D eigenvalue weighted by Crippen LogP contribution is -2.23. The molecule has 0 aliphatic heterocycles. The Bertz CT molecular complexity index is 1360. The molecule has 4 rings (SSSR count). The lowest BCUT2D eigenvalue weighted by atomic mass is 10.1. The standard InChI is InChI=1S/C20H16BrN3O3S2/c1-24(2)29(26,27)17-11-13(7-9-15(17)21)19(25)23-20-22-18-14-6-4-3-5-12(14)8-10-16(18)28-20/h3-11H,1-2H3,(H,22,23,25). The van der Waals surface area contributed by atoms with Crippen molar-refractivity contribution < 1.29 is 13.2 Å². The summed E-state index contributed by atoms with van der Waals surface area (Å²) in [6.45, 7) is 0. The fourth-order valence-corrected chi connectivity index (χ4v) is 5.64. The monoisotopic (exact) mass is 489 g/mol. The number of halogens is 1. The van der Waals surface area contributed by atoms with Crippen LogP contribution in [-0.4, -0.2) is 37.7 Å². The minimum atomic E-state index is -3.69. The first kappa shape index (κ1) is 20.0. The van der Waals surface area contributed by atoms with Crippen LogP contribution >= 0.6 is 27.3 Å². The van der Waals surface area contributed by atoms with Crippen LogP contribution in [0.15, 0.2) is 64.0 Å². The van der Waals surface area contributed by atoms with Crippen molar-refractivity contribution in [2.45, 2.75) is 4.90 Å². The van der Waals surface area contributed by atoms with Gasteiger partial charge in [-0.25, -0.2) is 17.7 Å². The number of thiazole rings is 1. The van der Waals surface area contributed by atoms with Gasteiger partial charge in [0.2, 0.25) is 10.0 Å². The lowest BCUT2D eigenvalue weighted by Gasteiger charge is -2.13. The summed E-state index contributed by atoms with van der Waals surface area (Å²) < 4.78 is 27.4. The van der Waals surface area contributed by atoms with Gasteiger partial charge in [-0.1, -0.05) is 41.7 Å². The molecule has 0 unspecified atom stereocenters. The quantitative estimate of drug-likeness (QED) is 0.449. The molecule has 1 aromatic heterocycles. The van der Waals surface area contributed by atoms with Crippen LogP contribution in [0.4, 0.5) is 5.13 Å². The molecule has 1 heterocycles. The number of carbonyl (C=O) groups excluding carboxylic acids is 1. The predicted molar refractivity (Wildman–Crippen MR) is 120 cm³/mol. The largest absolute Gasteiger partial charge is 0.298 e. The molecule has 0 saturated heterocycles. The number of carbonyl (C=O) groups is 1. The van der Waals surface area contributed by atoms with Gasteiger partial charge in [0.25, 0.3) is 5.91 Å². The third kappa shape index (κ3) is 3.66. The predicted octanol–water partition coefficient (Wildman–Crippen LogP) is 4.71. The zero-order chi connectivity index (χ0) is 20.8. The molecule has 0 radical (unpaired) electrons. The number of sulfonamides is 1. The Labute approximate surface area is 180 Å². The van der Waals surface area contributed by atoms with E-state index in [0.717, 1.165) is 25.3 Å². The topological polar surface area (TPSA) is 79.4 Å². The second kappa shape index (κ2) is 7.49. The summed E-state index contributed by atoms with van der Waals surface area (Å²) in [6.07, 6.45) is 0. The Balaban J connectivity index is 1.69. The zero-order valence-electron chi connectivity index (χ0n) is 15.5. The highest BCUT2D eigenvalue weighted by Gasteiger charge is 2.22. The molecule has 0 bridgehead atoms. The van der Waals surface area contributed by atoms with Gasteiger partial charge in [0.1, 0.15) is 0 Å². The normalized spacial score (nSPS) is 12.0. The molecule has 29 heavy (non-hydrogen) atoms. The van der Waals surface area contributed by atoms with Crippen molar-refractivity contribution in [2.75, 3.05) is 19.4 Å². The van der Waals surface area contributed by atoms with Gasteiger partial charge >= 0.3 is 0 Å². The summed E-state index contributed by atoms with van der Waals surface area (Å²) in [5.74, 6) is -0.420. The molecular weight excluding hydrogens is 474 g/mol. The maximum atomic E-state index is 12.7. The Morgan fingerprint density at radius 2 is 1.86 bits per heavy atom. The highest BCUT2D eigenvalue weighted by Crippen LogP contribution is 2.32. The van der Waals surface area contributed by atoms with Crippen molar-refractivity contribution in [2.24, 2.45) is 0 Å². The maximum Gasteiger partial charge on any atom is 0.257 e. The van der Waals surface area contributed by atoms with Gasteiger partial charge in [0.15, 0.2) is 5.13 Å². The van der Waals surface area contributed by atoms with Crippen molar-refractivity contribution in [3.63, 3.8) is 0 Å². The molecule has 0 fully saturated rings. The summed E-state index contributed by atoms with van der Waals surface area (Å²) in [5.41, 5.74) is 1.06. The van der Waals surface area contributed by atoms with Gasteiger partial charge in [-0.05, 0) is 45.6 Å². The SMILES string of the molecule is CN(C)S(=O)(=O)c1cc(C(=O)Nc2nc3c(ccc4ccccc43)s2)ccc1Br. The Kier molecular flexibility index (Phi) is 5.16. The number of amides is 1. The molecule has 0 aliphatic carbocycles. The van der Waals surface area contributed by atoms with Crippen molar-refractivity contribution in [1.29, 1.82) is 0 Å². The van der Waals surface area contributed by atoms with Gasteiger partial charge in [0, 0.05) is 29.5 Å². The average Bonchev–Trinajstić information content (AvgIpc) is 3.11. The van der Waals surface area contributed by atoms with Crippen LogP contribution in [0.5, 0.6) is 0 Å². The van der Waals surface area contributed by atoms with Crippen molar-refractivity contribution in [3.05, 3.63) is 64.6 Å². The summed E-state index contributed by atoms with van der Waals surface area (Å²) in [7, 11) is -0.799. The van der Waals surface area contributed by atoms with Crippen LogP contribution in [0.1, 0.15) is 10.4 Å². The number of nitrogens with one attached hydrogen (secondary N) is 1. The summed E-state index contributed by atoms with van der Waals surface area (Å²) in [4.78, 5) is 17.4. The number of hydrogen-bond acceptors (Lipinski definition) is 5. The first-order valence-corrected chi connectivity index (χ1v) is 11.6. The molecule has 0 aliphatic rings. The van der Waals surface area contributed by atoms with E-state index in [4.69, 9.17) is 0 Å². The number of anilines is 1. The van der Waals surface area contributed by atoms with Crippen LogP contribution in [0.3, 0.4) is 0 Å². The van der Waals surface area contributed by atoms with E-state index in [2.05, 4.69) is 26.2 Å². The highest BCUT2D eigenvalue weighted by atomic mass is 79.9. The Morgan fingerprint density at radius 1 is 1.10 bits per heavy atom. The Morgan fingerprint density at radius 3 is 2.62 bits per heavy atom. The molecule has 3 aromatic carbocycles. The summed E-state index contributed by atoms with van der Waals surface area (Å²) in [5, 5.41) is 5.34. The van der Waals surface area contributed by atoms with Crippen LogP contribution in [-0.2, 0) is 10.0 Å². The number of rotatable bonds is 4. The van der Waals surface area contributed by atoms with Crippen molar-refractivity contribution in [3.8, 4) is 0 Å². The molecule has 1 amide bonds. The minimum absolute atomic E-state index is 0.0328. The second-order valence-electron chi connectivity index (χ2n) is 6.54. The van der Waals surface area contributed by atoms with Crippen LogP contribution in [0.25, 0.3) is 21.0 Å². The third-order valence-electron chi connectivity index (χ3n) is 4.46. The summed E-state index contributed by atoms with van der Waals surface area (Å²) in [6, 6.07) is 16.4. The molecular formula is C20H16BrN3O3S2. The fraction of sp³-hybridized carbons (Fsp3) is 0.100. The molecule has 0 spiro atoms. The van der Waals surface area contributed by atoms with Crippen LogP contribution < -0.4 is 5.32 Å². The van der Waals surface area contributed by atoms with E-state index >= 15 is 0 Å². The van der Waals surface area contributed by atoms with Crippen LogP contribution in [0, 0.1) is 0 Å². The first-order valence-electron chi connectivity index (χ1n) is 8.59. The zero-order valence-corrected chi connectivity index (χ0v) is 18.7. The van der Waals surface area contributed by atoms with Gasteiger partial charge in [-0.3, -0.25) is 10.1 Å². The van der Waals surface area contributed by atoms with E-state index < -0.39 is 15.9 Å². The molecule has 148 valence electrons. The van der Waals surface area contributed by atoms with E-state index in [1.165, 1.54) is 31.5 Å². The van der Waals surface area contributed by atoms with E-state index in [1.54, 1.807) is 12.1 Å². The molecule has 0 saturated carbocycles.